The van der Waals surface area contributed by atoms with Crippen molar-refractivity contribution in [2.75, 3.05) is 13.2 Å². The van der Waals surface area contributed by atoms with E-state index in [1.807, 2.05) is 18.2 Å². The van der Waals surface area contributed by atoms with Gasteiger partial charge in [0.1, 0.15) is 0 Å². The number of aliphatic hydroxyl groups excluding tert-OH is 1. The van der Waals surface area contributed by atoms with Crippen LogP contribution in [0.5, 0.6) is 0 Å². The maximum absolute atomic E-state index is 8.44. The van der Waals surface area contributed by atoms with Crippen molar-refractivity contribution >= 4 is 0 Å². The molecular formula is C12H18O2. The van der Waals surface area contributed by atoms with E-state index >= 15 is 0 Å². The summed E-state index contributed by atoms with van der Waals surface area (Å²) in [7, 11) is 0. The van der Waals surface area contributed by atoms with Gasteiger partial charge in [-0.2, -0.15) is 0 Å². The summed E-state index contributed by atoms with van der Waals surface area (Å²) >= 11 is 0. The molecule has 1 aromatic carbocycles. The summed E-state index contributed by atoms with van der Waals surface area (Å²) in [5.41, 5.74) is 1.32. The Balaban J connectivity index is 0.000000140. The van der Waals surface area contributed by atoms with E-state index < -0.39 is 0 Å². The highest BCUT2D eigenvalue weighted by Gasteiger charge is 2.12. The Bertz CT molecular complexity index is 227. The van der Waals surface area contributed by atoms with E-state index in [0.29, 0.717) is 0 Å². The second kappa shape index (κ2) is 6.57. The summed E-state index contributed by atoms with van der Waals surface area (Å²) in [6.07, 6.45) is 2.31. The minimum absolute atomic E-state index is 0.153. The lowest BCUT2D eigenvalue weighted by atomic mass is 10.2. The molecule has 1 saturated heterocycles. The van der Waals surface area contributed by atoms with Gasteiger partial charge in [0.25, 0.3) is 0 Å². The maximum Gasteiger partial charge on any atom is 0.0806 e. The lowest BCUT2D eigenvalue weighted by Gasteiger charge is -2.00. The van der Waals surface area contributed by atoms with Crippen molar-refractivity contribution in [3.63, 3.8) is 0 Å². The molecule has 1 aliphatic heterocycles. The monoisotopic (exact) mass is 194 g/mol. The van der Waals surface area contributed by atoms with Crippen LogP contribution in [0.1, 0.15) is 18.4 Å². The molecule has 1 aromatic rings. The summed E-state index contributed by atoms with van der Waals surface area (Å²) in [6.45, 7) is 3.12. The van der Waals surface area contributed by atoms with E-state index in [1.54, 1.807) is 0 Å². The SMILES string of the molecule is Cc1ccccc1.OCC1CCCO1. The van der Waals surface area contributed by atoms with Crippen LogP contribution in [0.3, 0.4) is 0 Å². The zero-order valence-corrected chi connectivity index (χ0v) is 8.65. The van der Waals surface area contributed by atoms with E-state index in [4.69, 9.17) is 9.84 Å². The van der Waals surface area contributed by atoms with Crippen molar-refractivity contribution in [2.45, 2.75) is 25.9 Å². The second-order valence-electron chi connectivity index (χ2n) is 3.47. The largest absolute Gasteiger partial charge is 0.394 e. The molecule has 1 fully saturated rings. The fraction of sp³-hybridized carbons (Fsp3) is 0.500. The first kappa shape index (κ1) is 11.2. The number of hydrogen-bond donors (Lipinski definition) is 1. The third-order valence-corrected chi connectivity index (χ3v) is 2.17. The molecule has 0 aromatic heterocycles. The van der Waals surface area contributed by atoms with Crippen molar-refractivity contribution in [1.29, 1.82) is 0 Å². The Kier molecular flexibility index (Phi) is 5.27. The lowest BCUT2D eigenvalue weighted by Crippen LogP contribution is -2.09. The van der Waals surface area contributed by atoms with Gasteiger partial charge in [0, 0.05) is 6.61 Å². The van der Waals surface area contributed by atoms with Crippen LogP contribution in [0.2, 0.25) is 0 Å². The molecule has 2 nitrogen and oxygen atoms in total. The van der Waals surface area contributed by atoms with Gasteiger partial charge in [0.2, 0.25) is 0 Å². The predicted molar refractivity (Wildman–Crippen MR) is 57.2 cm³/mol. The van der Waals surface area contributed by atoms with Crippen molar-refractivity contribution in [2.24, 2.45) is 0 Å². The quantitative estimate of drug-likeness (QED) is 0.742. The van der Waals surface area contributed by atoms with Gasteiger partial charge in [0.05, 0.1) is 12.7 Å². The highest BCUT2D eigenvalue weighted by atomic mass is 16.5. The van der Waals surface area contributed by atoms with Gasteiger partial charge in [-0.15, -0.1) is 0 Å². The average Bonchev–Trinajstić information content (AvgIpc) is 2.72. The normalized spacial score (nSPS) is 20.0. The molecule has 2 heteroatoms. The molecule has 1 N–H and O–H groups in total. The van der Waals surface area contributed by atoms with Crippen LogP contribution in [0.25, 0.3) is 0 Å². The van der Waals surface area contributed by atoms with E-state index in [2.05, 4.69) is 19.1 Å². The fourth-order valence-electron chi connectivity index (χ4n) is 1.32. The summed E-state index contributed by atoms with van der Waals surface area (Å²) in [5.74, 6) is 0. The zero-order valence-electron chi connectivity index (χ0n) is 8.65. The Morgan fingerprint density at radius 3 is 2.36 bits per heavy atom. The molecule has 1 atom stereocenters. The molecule has 14 heavy (non-hydrogen) atoms. The van der Waals surface area contributed by atoms with Crippen molar-refractivity contribution in [1.82, 2.24) is 0 Å². The number of aliphatic hydroxyl groups is 1. The van der Waals surface area contributed by atoms with Crippen LogP contribution < -0.4 is 0 Å². The Morgan fingerprint density at radius 1 is 1.36 bits per heavy atom. The van der Waals surface area contributed by atoms with Crippen molar-refractivity contribution in [3.8, 4) is 0 Å². The molecule has 1 heterocycles. The minimum atomic E-state index is 0.153. The van der Waals surface area contributed by atoms with Crippen molar-refractivity contribution < 1.29 is 9.84 Å². The fourth-order valence-corrected chi connectivity index (χ4v) is 1.32. The smallest absolute Gasteiger partial charge is 0.0806 e. The van der Waals surface area contributed by atoms with Gasteiger partial charge in [-0.3, -0.25) is 0 Å². The zero-order chi connectivity index (χ0) is 10.2. The molecular weight excluding hydrogens is 176 g/mol. The number of aryl methyl sites for hydroxylation is 1. The van der Waals surface area contributed by atoms with E-state index in [0.717, 1.165) is 19.4 Å². The summed E-state index contributed by atoms with van der Waals surface area (Å²) in [5, 5.41) is 8.44. The van der Waals surface area contributed by atoms with Gasteiger partial charge in [0.15, 0.2) is 0 Å². The van der Waals surface area contributed by atoms with Crippen LogP contribution >= 0.6 is 0 Å². The highest BCUT2D eigenvalue weighted by Crippen LogP contribution is 2.09. The first-order valence-corrected chi connectivity index (χ1v) is 5.07. The lowest BCUT2D eigenvalue weighted by molar-refractivity contribution is 0.0591. The third kappa shape index (κ3) is 4.40. The molecule has 0 amide bonds. The first-order chi connectivity index (χ1) is 6.83. The molecule has 0 bridgehead atoms. The summed E-state index contributed by atoms with van der Waals surface area (Å²) < 4.78 is 5.05. The molecule has 0 aliphatic carbocycles. The predicted octanol–water partition coefficient (Wildman–Crippen LogP) is 2.15. The average molecular weight is 194 g/mol. The maximum atomic E-state index is 8.44. The Morgan fingerprint density at radius 2 is 2.07 bits per heavy atom. The standard InChI is InChI=1S/C7H8.C5H10O2/c1-7-5-3-2-4-6-7;6-4-5-2-1-3-7-5/h2-6H,1H3;5-6H,1-4H2. The molecule has 0 radical (unpaired) electrons. The van der Waals surface area contributed by atoms with Crippen LogP contribution in [0.4, 0.5) is 0 Å². The first-order valence-electron chi connectivity index (χ1n) is 5.07. The Hall–Kier alpha value is -0.860. The van der Waals surface area contributed by atoms with Gasteiger partial charge in [-0.05, 0) is 19.8 Å². The van der Waals surface area contributed by atoms with Gasteiger partial charge in [-0.25, -0.2) is 0 Å². The molecule has 1 aliphatic rings. The Labute approximate surface area is 85.5 Å². The molecule has 78 valence electrons. The molecule has 0 spiro atoms. The number of hydrogen-bond acceptors (Lipinski definition) is 2. The van der Waals surface area contributed by atoms with Crippen LogP contribution in [0, 0.1) is 6.92 Å². The molecule has 0 saturated carbocycles. The second-order valence-corrected chi connectivity index (χ2v) is 3.47. The summed E-state index contributed by atoms with van der Waals surface area (Å²) in [4.78, 5) is 0. The van der Waals surface area contributed by atoms with Gasteiger partial charge >= 0.3 is 0 Å². The van der Waals surface area contributed by atoms with E-state index in [9.17, 15) is 0 Å². The van der Waals surface area contributed by atoms with Gasteiger partial charge < -0.3 is 9.84 Å². The van der Waals surface area contributed by atoms with E-state index in [1.165, 1.54) is 5.56 Å². The van der Waals surface area contributed by atoms with Crippen molar-refractivity contribution in [3.05, 3.63) is 35.9 Å². The highest BCUT2D eigenvalue weighted by molar-refractivity contribution is 5.11. The van der Waals surface area contributed by atoms with Gasteiger partial charge in [-0.1, -0.05) is 35.9 Å². The third-order valence-electron chi connectivity index (χ3n) is 2.17. The molecule has 1 unspecified atom stereocenters. The van der Waals surface area contributed by atoms with E-state index in [-0.39, 0.29) is 12.7 Å². The number of ether oxygens (including phenoxy) is 1. The number of benzene rings is 1. The topological polar surface area (TPSA) is 29.5 Å². The summed E-state index contributed by atoms with van der Waals surface area (Å²) in [6, 6.07) is 10.3. The number of rotatable bonds is 1. The van der Waals surface area contributed by atoms with Crippen LogP contribution in [-0.2, 0) is 4.74 Å². The molecule has 2 rings (SSSR count). The minimum Gasteiger partial charge on any atom is -0.394 e. The van der Waals surface area contributed by atoms with Crippen LogP contribution in [0.15, 0.2) is 30.3 Å². The van der Waals surface area contributed by atoms with Crippen LogP contribution in [-0.4, -0.2) is 24.4 Å².